The van der Waals surface area contributed by atoms with Crippen molar-refractivity contribution in [1.29, 1.82) is 0 Å². The summed E-state index contributed by atoms with van der Waals surface area (Å²) in [6.45, 7) is 15.9. The SMILES string of the molecule is CCOC(=O)CCC[C@@H](CCO[Si](c1ccccc1)(c1ccccc1)C(C)(C)C)OC(=O)O[C@@H]1C[C@H](C)CC[C@H]1C(C)C. The van der Waals surface area contributed by atoms with Gasteiger partial charge in [0.2, 0.25) is 0 Å². The number of carbonyl (C=O) groups excluding carboxylic acids is 2. The third-order valence-electron chi connectivity index (χ3n) is 8.86. The van der Waals surface area contributed by atoms with E-state index in [1.807, 2.05) is 12.1 Å². The van der Waals surface area contributed by atoms with Crippen LogP contribution in [0.3, 0.4) is 0 Å². The molecule has 6 nitrogen and oxygen atoms in total. The van der Waals surface area contributed by atoms with Gasteiger partial charge in [0.25, 0.3) is 8.32 Å². The van der Waals surface area contributed by atoms with E-state index in [9.17, 15) is 9.59 Å². The molecule has 238 valence electrons. The van der Waals surface area contributed by atoms with Crippen molar-refractivity contribution in [2.75, 3.05) is 13.2 Å². The van der Waals surface area contributed by atoms with Gasteiger partial charge in [-0.05, 0) is 65.8 Å². The van der Waals surface area contributed by atoms with Crippen molar-refractivity contribution >= 4 is 30.8 Å². The third kappa shape index (κ3) is 9.67. The number of esters is 1. The van der Waals surface area contributed by atoms with Crippen molar-refractivity contribution in [3.63, 3.8) is 0 Å². The van der Waals surface area contributed by atoms with Crippen LogP contribution < -0.4 is 10.4 Å². The maximum Gasteiger partial charge on any atom is 0.508 e. The molecule has 2 aromatic rings. The molecule has 2 aromatic carbocycles. The van der Waals surface area contributed by atoms with Crippen LogP contribution in [0.2, 0.25) is 5.04 Å². The van der Waals surface area contributed by atoms with Crippen molar-refractivity contribution in [1.82, 2.24) is 0 Å². The number of hydrogen-bond donors (Lipinski definition) is 0. The summed E-state index contributed by atoms with van der Waals surface area (Å²) >= 11 is 0. The van der Waals surface area contributed by atoms with E-state index in [0.29, 0.717) is 50.2 Å². The molecule has 1 aliphatic carbocycles. The molecule has 0 bridgehead atoms. The number of carbonyl (C=O) groups is 2. The highest BCUT2D eigenvalue weighted by Gasteiger charge is 2.50. The average molecular weight is 611 g/mol. The molecule has 0 aromatic heterocycles. The fourth-order valence-electron chi connectivity index (χ4n) is 6.61. The van der Waals surface area contributed by atoms with Crippen LogP contribution in [-0.2, 0) is 23.4 Å². The maximum atomic E-state index is 13.2. The first-order valence-electron chi connectivity index (χ1n) is 16.3. The second kappa shape index (κ2) is 16.4. The molecular formula is C36H54O6Si. The lowest BCUT2D eigenvalue weighted by molar-refractivity contribution is -0.143. The minimum atomic E-state index is -2.73. The molecule has 0 unspecified atom stereocenters. The maximum absolute atomic E-state index is 13.2. The highest BCUT2D eigenvalue weighted by molar-refractivity contribution is 6.99. The van der Waals surface area contributed by atoms with Crippen LogP contribution in [0, 0.1) is 17.8 Å². The molecule has 0 spiro atoms. The molecule has 1 aliphatic rings. The van der Waals surface area contributed by atoms with Gasteiger partial charge in [-0.3, -0.25) is 4.79 Å². The standard InChI is InChI=1S/C36H54O6Si/c1-8-39-34(37)21-15-16-29(41-35(38)42-33-26-28(4)22-23-32(33)27(2)3)24-25-40-43(36(5,6)7,30-17-11-9-12-18-30)31-19-13-10-14-20-31/h9-14,17-20,27-29,32-33H,8,15-16,21-26H2,1-7H3/t28-,29+,32+,33-/m1/s1. The van der Waals surface area contributed by atoms with Crippen LogP contribution in [0.25, 0.3) is 0 Å². The van der Waals surface area contributed by atoms with Crippen molar-refractivity contribution in [2.45, 2.75) is 111 Å². The molecule has 4 atom stereocenters. The predicted molar refractivity (Wildman–Crippen MR) is 175 cm³/mol. The van der Waals surface area contributed by atoms with Gasteiger partial charge in [-0.2, -0.15) is 0 Å². The van der Waals surface area contributed by atoms with Crippen LogP contribution in [-0.4, -0.2) is 45.9 Å². The van der Waals surface area contributed by atoms with Crippen molar-refractivity contribution in [3.8, 4) is 0 Å². The summed E-state index contributed by atoms with van der Waals surface area (Å²) < 4.78 is 24.2. The van der Waals surface area contributed by atoms with E-state index in [2.05, 4.69) is 90.1 Å². The van der Waals surface area contributed by atoms with Crippen LogP contribution in [0.15, 0.2) is 60.7 Å². The Bertz CT molecular complexity index is 1070. The van der Waals surface area contributed by atoms with Gasteiger partial charge in [0, 0.05) is 19.4 Å². The molecule has 0 amide bonds. The zero-order valence-electron chi connectivity index (χ0n) is 27.5. The zero-order chi connectivity index (χ0) is 31.5. The van der Waals surface area contributed by atoms with Gasteiger partial charge in [-0.25, -0.2) is 4.79 Å². The topological polar surface area (TPSA) is 71.1 Å². The van der Waals surface area contributed by atoms with Crippen molar-refractivity contribution < 1.29 is 28.2 Å². The van der Waals surface area contributed by atoms with Gasteiger partial charge in [0.15, 0.2) is 0 Å². The largest absolute Gasteiger partial charge is 0.508 e. The first-order chi connectivity index (χ1) is 20.5. The Morgan fingerprint density at radius 3 is 2.07 bits per heavy atom. The van der Waals surface area contributed by atoms with E-state index < -0.39 is 20.6 Å². The summed E-state index contributed by atoms with van der Waals surface area (Å²) in [5.41, 5.74) is 0. The third-order valence-corrected chi connectivity index (χ3v) is 13.9. The number of hydrogen-bond acceptors (Lipinski definition) is 6. The highest BCUT2D eigenvalue weighted by atomic mass is 28.4. The molecule has 1 saturated carbocycles. The fourth-order valence-corrected chi connectivity index (χ4v) is 11.2. The molecular weight excluding hydrogens is 556 g/mol. The molecule has 0 N–H and O–H groups in total. The first-order valence-corrected chi connectivity index (χ1v) is 18.2. The van der Waals surface area contributed by atoms with E-state index in [1.165, 1.54) is 10.4 Å². The summed E-state index contributed by atoms with van der Waals surface area (Å²) in [6, 6.07) is 21.0. The number of rotatable bonds is 14. The molecule has 43 heavy (non-hydrogen) atoms. The van der Waals surface area contributed by atoms with Crippen LogP contribution in [0.5, 0.6) is 0 Å². The van der Waals surface area contributed by atoms with Crippen LogP contribution >= 0.6 is 0 Å². The normalized spacial score (nSPS) is 20.0. The first kappa shape index (κ1) is 34.8. The summed E-state index contributed by atoms with van der Waals surface area (Å²) in [5, 5.41) is 2.26. The Balaban J connectivity index is 1.78. The second-order valence-electron chi connectivity index (χ2n) is 13.5. The van der Waals surface area contributed by atoms with Crippen molar-refractivity contribution in [3.05, 3.63) is 60.7 Å². The lowest BCUT2D eigenvalue weighted by Crippen LogP contribution is -2.66. The minimum Gasteiger partial charge on any atom is -0.466 e. The van der Waals surface area contributed by atoms with E-state index in [1.54, 1.807) is 6.92 Å². The molecule has 1 fully saturated rings. The summed E-state index contributed by atoms with van der Waals surface area (Å²) in [6.07, 6.45) is 3.80. The fraction of sp³-hybridized carbons (Fsp3) is 0.611. The Labute approximate surface area is 261 Å². The Morgan fingerprint density at radius 2 is 1.53 bits per heavy atom. The molecule has 0 saturated heterocycles. The second-order valence-corrected chi connectivity index (χ2v) is 17.8. The molecule has 0 aliphatic heterocycles. The number of ether oxygens (including phenoxy) is 3. The van der Waals surface area contributed by atoms with Crippen LogP contribution in [0.4, 0.5) is 4.79 Å². The smallest absolute Gasteiger partial charge is 0.466 e. The summed E-state index contributed by atoms with van der Waals surface area (Å²) in [5.74, 6) is 1.06. The van der Waals surface area contributed by atoms with Crippen LogP contribution in [0.1, 0.15) is 93.4 Å². The summed E-state index contributed by atoms with van der Waals surface area (Å²) in [4.78, 5) is 25.2. The zero-order valence-corrected chi connectivity index (χ0v) is 28.5. The molecule has 3 rings (SSSR count). The molecule has 0 heterocycles. The van der Waals surface area contributed by atoms with E-state index in [0.717, 1.165) is 19.3 Å². The van der Waals surface area contributed by atoms with E-state index >= 15 is 0 Å². The quantitative estimate of drug-likeness (QED) is 0.162. The lowest BCUT2D eigenvalue weighted by atomic mass is 9.75. The Morgan fingerprint density at radius 1 is 0.930 bits per heavy atom. The monoisotopic (exact) mass is 610 g/mol. The minimum absolute atomic E-state index is 0.134. The lowest BCUT2D eigenvalue weighted by Gasteiger charge is -2.43. The Hall–Kier alpha value is -2.64. The Kier molecular flexibility index (Phi) is 13.3. The van der Waals surface area contributed by atoms with Crippen molar-refractivity contribution in [2.24, 2.45) is 17.8 Å². The molecule has 0 radical (unpaired) electrons. The van der Waals surface area contributed by atoms with Gasteiger partial charge >= 0.3 is 12.1 Å². The number of benzene rings is 2. The highest BCUT2D eigenvalue weighted by Crippen LogP contribution is 2.37. The van der Waals surface area contributed by atoms with Gasteiger partial charge in [-0.1, -0.05) is 109 Å². The van der Waals surface area contributed by atoms with Gasteiger partial charge in [-0.15, -0.1) is 0 Å². The molecule has 7 heteroatoms. The van der Waals surface area contributed by atoms with E-state index in [-0.39, 0.29) is 23.5 Å². The van der Waals surface area contributed by atoms with Gasteiger partial charge in [0.1, 0.15) is 12.2 Å². The van der Waals surface area contributed by atoms with Gasteiger partial charge in [0.05, 0.1) is 6.61 Å². The van der Waals surface area contributed by atoms with E-state index in [4.69, 9.17) is 18.6 Å². The average Bonchev–Trinajstić information content (AvgIpc) is 2.95. The summed E-state index contributed by atoms with van der Waals surface area (Å²) in [7, 11) is -2.73. The predicted octanol–water partition coefficient (Wildman–Crippen LogP) is 7.67. The van der Waals surface area contributed by atoms with Gasteiger partial charge < -0.3 is 18.6 Å².